The van der Waals surface area contributed by atoms with Crippen LogP contribution in [0.25, 0.3) is 0 Å². The number of rotatable bonds is 9. The summed E-state index contributed by atoms with van der Waals surface area (Å²) >= 11 is 0. The van der Waals surface area contributed by atoms with Crippen molar-refractivity contribution >= 4 is 11.6 Å². The third-order valence-electron chi connectivity index (χ3n) is 6.53. The fourth-order valence-corrected chi connectivity index (χ4v) is 5.03. The number of benzene rings is 1. The number of anilines is 1. The first-order valence-electron chi connectivity index (χ1n) is 11.9. The summed E-state index contributed by atoms with van der Waals surface area (Å²) in [5, 5.41) is 3.07. The average molecular weight is 417 g/mol. The molecule has 30 heavy (non-hydrogen) atoms. The molecule has 1 saturated heterocycles. The van der Waals surface area contributed by atoms with Gasteiger partial charge in [-0.25, -0.2) is 0 Å². The molecule has 5 heteroatoms. The van der Waals surface area contributed by atoms with Crippen molar-refractivity contribution < 1.29 is 14.3 Å². The van der Waals surface area contributed by atoms with Crippen LogP contribution in [0, 0.1) is 11.8 Å². The summed E-state index contributed by atoms with van der Waals surface area (Å²) in [6.07, 6.45) is 7.53. The normalized spacial score (nSPS) is 27.6. The molecule has 3 atom stereocenters. The zero-order valence-electron chi connectivity index (χ0n) is 19.1. The molecule has 1 saturated carbocycles. The van der Waals surface area contributed by atoms with Gasteiger partial charge in [-0.15, -0.1) is 0 Å². The van der Waals surface area contributed by atoms with Gasteiger partial charge in [-0.2, -0.15) is 0 Å². The molecule has 1 aliphatic heterocycles. The minimum Gasteiger partial charge on any atom is -0.494 e. The summed E-state index contributed by atoms with van der Waals surface area (Å²) in [4.78, 5) is 15.6. The van der Waals surface area contributed by atoms with Crippen molar-refractivity contribution in [2.24, 2.45) is 11.8 Å². The van der Waals surface area contributed by atoms with Gasteiger partial charge in [-0.05, 0) is 88.1 Å². The van der Waals surface area contributed by atoms with E-state index in [1.807, 2.05) is 31.2 Å². The second-order valence-electron chi connectivity index (χ2n) is 9.36. The summed E-state index contributed by atoms with van der Waals surface area (Å²) in [5.41, 5.74) is 0.111. The van der Waals surface area contributed by atoms with Crippen LogP contribution < -0.4 is 10.1 Å². The van der Waals surface area contributed by atoms with Crippen LogP contribution in [0.2, 0.25) is 0 Å². The summed E-state index contributed by atoms with van der Waals surface area (Å²) in [7, 11) is 0. The Morgan fingerprint density at radius 3 is 2.63 bits per heavy atom. The first kappa shape index (κ1) is 23.1. The number of hydrogen-bond acceptors (Lipinski definition) is 4. The summed E-state index contributed by atoms with van der Waals surface area (Å²) in [5.74, 6) is 2.17. The van der Waals surface area contributed by atoms with Gasteiger partial charge in [0.15, 0.2) is 0 Å². The van der Waals surface area contributed by atoms with E-state index >= 15 is 0 Å². The van der Waals surface area contributed by atoms with E-state index in [-0.39, 0.29) is 5.91 Å². The SMILES string of the molecule is CCO[C@]1(C(=O)Nc2ccc(OCCCN3CCC[C@H](C)C3)cc2)CCC[C@H](C)C1. The topological polar surface area (TPSA) is 50.8 Å². The predicted molar refractivity (Wildman–Crippen MR) is 122 cm³/mol. The van der Waals surface area contributed by atoms with Crippen molar-refractivity contribution in [3.8, 4) is 5.75 Å². The van der Waals surface area contributed by atoms with Crippen molar-refractivity contribution in [1.29, 1.82) is 0 Å². The number of amides is 1. The van der Waals surface area contributed by atoms with Gasteiger partial charge in [0, 0.05) is 25.4 Å². The van der Waals surface area contributed by atoms with Gasteiger partial charge >= 0.3 is 0 Å². The molecule has 3 rings (SSSR count). The molecule has 1 aromatic carbocycles. The molecule has 1 heterocycles. The lowest BCUT2D eigenvalue weighted by Crippen LogP contribution is -2.48. The Morgan fingerprint density at radius 1 is 1.17 bits per heavy atom. The number of ether oxygens (including phenoxy) is 2. The molecule has 0 aromatic heterocycles. The molecule has 2 fully saturated rings. The number of hydrogen-bond donors (Lipinski definition) is 1. The zero-order chi connectivity index (χ0) is 21.4. The molecule has 1 amide bonds. The molecule has 0 radical (unpaired) electrons. The minimum absolute atomic E-state index is 0.0136. The van der Waals surface area contributed by atoms with Gasteiger partial charge in [0.25, 0.3) is 5.91 Å². The molecule has 0 spiro atoms. The Kier molecular flexibility index (Phi) is 8.58. The van der Waals surface area contributed by atoms with Gasteiger partial charge in [-0.3, -0.25) is 4.79 Å². The number of nitrogens with one attached hydrogen (secondary N) is 1. The molecule has 0 bridgehead atoms. The lowest BCUT2D eigenvalue weighted by molar-refractivity contribution is -0.147. The van der Waals surface area contributed by atoms with Crippen molar-refractivity contribution in [2.75, 3.05) is 38.2 Å². The lowest BCUT2D eigenvalue weighted by Gasteiger charge is -2.38. The van der Waals surface area contributed by atoms with Gasteiger partial charge < -0.3 is 19.7 Å². The number of carbonyl (C=O) groups is 1. The van der Waals surface area contributed by atoms with Crippen LogP contribution in [0.15, 0.2) is 24.3 Å². The molecule has 1 aliphatic carbocycles. The maximum atomic E-state index is 13.0. The van der Waals surface area contributed by atoms with Crippen LogP contribution in [-0.4, -0.2) is 49.3 Å². The highest BCUT2D eigenvalue weighted by molar-refractivity contribution is 5.97. The lowest BCUT2D eigenvalue weighted by atomic mass is 9.78. The van der Waals surface area contributed by atoms with Crippen LogP contribution >= 0.6 is 0 Å². The standard InChI is InChI=1S/C25H40N2O3/c1-4-30-25(14-5-8-20(2)18-25)24(28)26-22-10-12-23(13-11-22)29-17-7-16-27-15-6-9-21(3)19-27/h10-13,20-21H,4-9,14-19H2,1-3H3,(H,26,28)/t20-,21-,25+/m0/s1. The highest BCUT2D eigenvalue weighted by Gasteiger charge is 2.42. The Morgan fingerprint density at radius 2 is 1.93 bits per heavy atom. The number of nitrogens with zero attached hydrogens (tertiary/aromatic N) is 1. The van der Waals surface area contributed by atoms with E-state index in [4.69, 9.17) is 9.47 Å². The Hall–Kier alpha value is -1.59. The molecule has 2 aliphatic rings. The fourth-order valence-electron chi connectivity index (χ4n) is 5.03. The van der Waals surface area contributed by atoms with E-state index in [1.165, 1.54) is 32.4 Å². The summed E-state index contributed by atoms with van der Waals surface area (Å²) in [6, 6.07) is 7.72. The van der Waals surface area contributed by atoms with Gasteiger partial charge in [0.2, 0.25) is 0 Å². The van der Waals surface area contributed by atoms with Crippen LogP contribution in [0.4, 0.5) is 5.69 Å². The first-order chi connectivity index (χ1) is 14.5. The van der Waals surface area contributed by atoms with Crippen molar-refractivity contribution in [3.05, 3.63) is 24.3 Å². The van der Waals surface area contributed by atoms with Gasteiger partial charge in [-0.1, -0.05) is 20.3 Å². The third-order valence-corrected chi connectivity index (χ3v) is 6.53. The van der Waals surface area contributed by atoms with Crippen LogP contribution in [0.1, 0.15) is 65.7 Å². The number of carbonyl (C=O) groups excluding carboxylic acids is 1. The highest BCUT2D eigenvalue weighted by atomic mass is 16.5. The Bertz CT molecular complexity index is 659. The largest absolute Gasteiger partial charge is 0.494 e. The van der Waals surface area contributed by atoms with Crippen molar-refractivity contribution in [1.82, 2.24) is 4.90 Å². The first-order valence-corrected chi connectivity index (χ1v) is 11.9. The van der Waals surface area contributed by atoms with E-state index < -0.39 is 5.60 Å². The minimum atomic E-state index is -0.687. The number of likely N-dealkylation sites (tertiary alicyclic amines) is 1. The molecule has 5 nitrogen and oxygen atoms in total. The second-order valence-corrected chi connectivity index (χ2v) is 9.36. The third kappa shape index (κ3) is 6.45. The molecule has 1 N–H and O–H groups in total. The van der Waals surface area contributed by atoms with Gasteiger partial charge in [0.1, 0.15) is 11.4 Å². The number of piperidine rings is 1. The second kappa shape index (κ2) is 11.1. The van der Waals surface area contributed by atoms with Crippen molar-refractivity contribution in [3.63, 3.8) is 0 Å². The maximum Gasteiger partial charge on any atom is 0.256 e. The van der Waals surface area contributed by atoms with Crippen LogP contribution in [0.5, 0.6) is 5.75 Å². The van der Waals surface area contributed by atoms with E-state index in [1.54, 1.807) is 0 Å². The molecule has 1 aromatic rings. The predicted octanol–water partition coefficient (Wildman–Crippen LogP) is 5.11. The van der Waals surface area contributed by atoms with Crippen LogP contribution in [0.3, 0.4) is 0 Å². The zero-order valence-corrected chi connectivity index (χ0v) is 19.1. The average Bonchev–Trinajstić information content (AvgIpc) is 2.73. The van der Waals surface area contributed by atoms with E-state index in [2.05, 4.69) is 24.1 Å². The quantitative estimate of drug-likeness (QED) is 0.568. The molecule has 168 valence electrons. The Labute approximate surface area is 182 Å². The van der Waals surface area contributed by atoms with Gasteiger partial charge in [0.05, 0.1) is 6.61 Å². The smallest absolute Gasteiger partial charge is 0.256 e. The summed E-state index contributed by atoms with van der Waals surface area (Å²) < 4.78 is 11.9. The molecular weight excluding hydrogens is 376 g/mol. The maximum absolute atomic E-state index is 13.0. The Balaban J connectivity index is 1.45. The van der Waals surface area contributed by atoms with Crippen LogP contribution in [-0.2, 0) is 9.53 Å². The molecular formula is C25H40N2O3. The van der Waals surface area contributed by atoms with E-state index in [9.17, 15) is 4.79 Å². The summed E-state index contributed by atoms with van der Waals surface area (Å²) in [6.45, 7) is 11.3. The monoisotopic (exact) mass is 416 g/mol. The highest BCUT2D eigenvalue weighted by Crippen LogP contribution is 2.36. The molecule has 0 unspecified atom stereocenters. The van der Waals surface area contributed by atoms with E-state index in [0.29, 0.717) is 12.5 Å². The fraction of sp³-hybridized carbons (Fsp3) is 0.720. The van der Waals surface area contributed by atoms with Crippen molar-refractivity contribution in [2.45, 2.75) is 71.3 Å². The van der Waals surface area contributed by atoms with E-state index in [0.717, 1.165) is 56.2 Å².